The maximum Gasteiger partial charge on any atom is 0.240 e. The number of pyridine rings is 1. The lowest BCUT2D eigenvalue weighted by Crippen LogP contribution is -2.55. The van der Waals surface area contributed by atoms with Crippen LogP contribution in [0.5, 0.6) is 0 Å². The third-order valence-electron chi connectivity index (χ3n) is 2.69. The predicted octanol–water partition coefficient (Wildman–Crippen LogP) is -0.396. The topological polar surface area (TPSA) is 85.2 Å². The van der Waals surface area contributed by atoms with Gasteiger partial charge in [-0.1, -0.05) is 0 Å². The van der Waals surface area contributed by atoms with E-state index in [0.717, 1.165) is 24.3 Å². The molecule has 1 unspecified atom stereocenters. The minimum absolute atomic E-state index is 0.203. The zero-order valence-electron chi connectivity index (χ0n) is 8.39. The maximum atomic E-state index is 11.0. The molecule has 0 spiro atoms. The monoisotopic (exact) mass is 206 g/mol. The number of nitrogens with zero attached hydrogens (tertiary/aromatic N) is 2. The van der Waals surface area contributed by atoms with Gasteiger partial charge in [-0.2, -0.15) is 0 Å². The van der Waals surface area contributed by atoms with Crippen molar-refractivity contribution in [1.82, 2.24) is 4.98 Å². The van der Waals surface area contributed by atoms with E-state index in [-0.39, 0.29) is 11.9 Å². The fourth-order valence-corrected chi connectivity index (χ4v) is 1.70. The first-order chi connectivity index (χ1) is 7.22. The summed E-state index contributed by atoms with van der Waals surface area (Å²) >= 11 is 0. The van der Waals surface area contributed by atoms with Crippen LogP contribution in [-0.2, 0) is 11.3 Å². The van der Waals surface area contributed by atoms with Crippen molar-refractivity contribution in [2.45, 2.75) is 19.0 Å². The summed E-state index contributed by atoms with van der Waals surface area (Å²) in [6.07, 6.45) is 2.51. The molecule has 15 heavy (non-hydrogen) atoms. The van der Waals surface area contributed by atoms with Gasteiger partial charge in [0.2, 0.25) is 5.91 Å². The molecule has 1 saturated heterocycles. The molecule has 4 N–H and O–H groups in total. The highest BCUT2D eigenvalue weighted by molar-refractivity contribution is 5.85. The molecule has 1 aliphatic heterocycles. The first-order valence-electron chi connectivity index (χ1n) is 4.93. The zero-order valence-corrected chi connectivity index (χ0v) is 8.39. The molecule has 1 amide bonds. The Morgan fingerprint density at radius 2 is 2.47 bits per heavy atom. The molecule has 0 aromatic carbocycles. The number of amides is 1. The average Bonchev–Trinajstić information content (AvgIpc) is 2.15. The summed E-state index contributed by atoms with van der Waals surface area (Å²) in [5.41, 5.74) is 11.8. The van der Waals surface area contributed by atoms with Gasteiger partial charge < -0.3 is 16.4 Å². The van der Waals surface area contributed by atoms with Crippen molar-refractivity contribution in [2.24, 2.45) is 11.5 Å². The van der Waals surface area contributed by atoms with Crippen LogP contribution in [0.2, 0.25) is 0 Å². The second-order valence-corrected chi connectivity index (χ2v) is 3.63. The van der Waals surface area contributed by atoms with Gasteiger partial charge >= 0.3 is 0 Å². The van der Waals surface area contributed by atoms with Gasteiger partial charge in [-0.15, -0.1) is 0 Å². The largest absolute Gasteiger partial charge is 0.368 e. The molecule has 1 aromatic heterocycles. The van der Waals surface area contributed by atoms with E-state index in [1.165, 1.54) is 0 Å². The molecule has 80 valence electrons. The molecule has 5 heteroatoms. The SMILES string of the molecule is NCc1ccnc(N2CCC2C(N)=O)c1. The van der Waals surface area contributed by atoms with Gasteiger partial charge in [-0.05, 0) is 24.1 Å². The molecular formula is C10H14N4O. The summed E-state index contributed by atoms with van der Waals surface area (Å²) in [7, 11) is 0. The van der Waals surface area contributed by atoms with Gasteiger partial charge in [0.15, 0.2) is 0 Å². The average molecular weight is 206 g/mol. The number of primary amides is 1. The van der Waals surface area contributed by atoms with Gasteiger partial charge in [-0.3, -0.25) is 4.79 Å². The van der Waals surface area contributed by atoms with Gasteiger partial charge in [0, 0.05) is 19.3 Å². The van der Waals surface area contributed by atoms with Crippen LogP contribution in [0.4, 0.5) is 5.82 Å². The second kappa shape index (κ2) is 3.86. The minimum atomic E-state index is -0.291. The molecule has 5 nitrogen and oxygen atoms in total. The van der Waals surface area contributed by atoms with Crippen molar-refractivity contribution < 1.29 is 4.79 Å². The summed E-state index contributed by atoms with van der Waals surface area (Å²) in [5.74, 6) is 0.495. The van der Waals surface area contributed by atoms with Gasteiger partial charge in [0.05, 0.1) is 0 Å². The smallest absolute Gasteiger partial charge is 0.240 e. The number of hydrogen-bond donors (Lipinski definition) is 2. The number of carbonyl (C=O) groups is 1. The van der Waals surface area contributed by atoms with E-state index in [2.05, 4.69) is 4.98 Å². The Morgan fingerprint density at radius 3 is 3.00 bits per heavy atom. The number of hydrogen-bond acceptors (Lipinski definition) is 4. The summed E-state index contributed by atoms with van der Waals surface area (Å²) in [4.78, 5) is 17.2. The van der Waals surface area contributed by atoms with E-state index in [4.69, 9.17) is 11.5 Å². The van der Waals surface area contributed by atoms with E-state index in [1.807, 2.05) is 17.0 Å². The van der Waals surface area contributed by atoms with Crippen LogP contribution in [0, 0.1) is 0 Å². The predicted molar refractivity (Wildman–Crippen MR) is 57.1 cm³/mol. The Balaban J connectivity index is 2.19. The molecule has 0 radical (unpaired) electrons. The Hall–Kier alpha value is -1.62. The van der Waals surface area contributed by atoms with Crippen LogP contribution in [0.15, 0.2) is 18.3 Å². The molecule has 0 aliphatic carbocycles. The molecule has 1 aliphatic rings. The molecule has 2 heterocycles. The molecule has 0 bridgehead atoms. The summed E-state index contributed by atoms with van der Waals surface area (Å²) in [6, 6.07) is 3.56. The number of carbonyl (C=O) groups excluding carboxylic acids is 1. The fraction of sp³-hybridized carbons (Fsp3) is 0.400. The van der Waals surface area contributed by atoms with Gasteiger partial charge in [0.1, 0.15) is 11.9 Å². The Labute approximate surface area is 88.1 Å². The van der Waals surface area contributed by atoms with Crippen molar-refractivity contribution in [3.63, 3.8) is 0 Å². The maximum absolute atomic E-state index is 11.0. The van der Waals surface area contributed by atoms with Crippen LogP contribution in [0.25, 0.3) is 0 Å². The second-order valence-electron chi connectivity index (χ2n) is 3.63. The third-order valence-corrected chi connectivity index (χ3v) is 2.69. The van der Waals surface area contributed by atoms with Gasteiger partial charge in [0.25, 0.3) is 0 Å². The Morgan fingerprint density at radius 1 is 1.67 bits per heavy atom. The summed E-state index contributed by atoms with van der Waals surface area (Å²) in [5, 5.41) is 0. The molecule has 1 fully saturated rings. The molecule has 2 rings (SSSR count). The standard InChI is InChI=1S/C10H14N4O/c11-6-7-1-3-13-9(5-7)14-4-2-8(14)10(12)15/h1,3,5,8H,2,4,6,11H2,(H2,12,15). The van der Waals surface area contributed by atoms with Crippen LogP contribution in [0.1, 0.15) is 12.0 Å². The number of anilines is 1. The highest BCUT2D eigenvalue weighted by Gasteiger charge is 2.33. The molecule has 1 aromatic rings. The summed E-state index contributed by atoms with van der Waals surface area (Å²) in [6.45, 7) is 1.30. The number of nitrogens with two attached hydrogens (primary N) is 2. The van der Waals surface area contributed by atoms with E-state index >= 15 is 0 Å². The lowest BCUT2D eigenvalue weighted by molar-refractivity contribution is -0.120. The lowest BCUT2D eigenvalue weighted by Gasteiger charge is -2.39. The van der Waals surface area contributed by atoms with Crippen LogP contribution in [0.3, 0.4) is 0 Å². The van der Waals surface area contributed by atoms with E-state index in [0.29, 0.717) is 6.54 Å². The van der Waals surface area contributed by atoms with Crippen molar-refractivity contribution >= 4 is 11.7 Å². The zero-order chi connectivity index (χ0) is 10.8. The molecule has 0 saturated carbocycles. The van der Waals surface area contributed by atoms with Crippen LogP contribution in [-0.4, -0.2) is 23.5 Å². The summed E-state index contributed by atoms with van der Waals surface area (Å²) < 4.78 is 0. The molecular weight excluding hydrogens is 192 g/mol. The fourth-order valence-electron chi connectivity index (χ4n) is 1.70. The first kappa shape index (κ1) is 9.92. The van der Waals surface area contributed by atoms with Crippen molar-refractivity contribution in [2.75, 3.05) is 11.4 Å². The number of rotatable bonds is 3. The van der Waals surface area contributed by atoms with E-state index in [1.54, 1.807) is 6.20 Å². The molecule has 1 atom stereocenters. The number of aromatic nitrogens is 1. The van der Waals surface area contributed by atoms with Crippen LogP contribution < -0.4 is 16.4 Å². The quantitative estimate of drug-likeness (QED) is 0.705. The van der Waals surface area contributed by atoms with Gasteiger partial charge in [-0.25, -0.2) is 4.98 Å². The lowest BCUT2D eigenvalue weighted by atomic mass is 10.0. The third kappa shape index (κ3) is 1.78. The van der Waals surface area contributed by atoms with Crippen molar-refractivity contribution in [3.8, 4) is 0 Å². The van der Waals surface area contributed by atoms with Crippen LogP contribution >= 0.6 is 0 Å². The first-order valence-corrected chi connectivity index (χ1v) is 4.93. The minimum Gasteiger partial charge on any atom is -0.368 e. The van der Waals surface area contributed by atoms with Crippen molar-refractivity contribution in [1.29, 1.82) is 0 Å². The van der Waals surface area contributed by atoms with E-state index < -0.39 is 0 Å². The highest BCUT2D eigenvalue weighted by atomic mass is 16.1. The van der Waals surface area contributed by atoms with Crippen molar-refractivity contribution in [3.05, 3.63) is 23.9 Å². The Kier molecular flexibility index (Phi) is 2.55. The van der Waals surface area contributed by atoms with E-state index in [9.17, 15) is 4.79 Å². The highest BCUT2D eigenvalue weighted by Crippen LogP contribution is 2.24. The Bertz CT molecular complexity index is 379. The normalized spacial score (nSPS) is 19.8.